The largest absolute Gasteiger partial charge is 0.381 e. The van der Waals surface area contributed by atoms with Gasteiger partial charge in [0.25, 0.3) is 5.91 Å². The van der Waals surface area contributed by atoms with Gasteiger partial charge in [0.15, 0.2) is 0 Å². The number of pyridine rings is 1. The third-order valence-corrected chi connectivity index (χ3v) is 3.69. The number of nitrogens with one attached hydrogen (secondary N) is 1. The van der Waals surface area contributed by atoms with Crippen molar-refractivity contribution in [2.24, 2.45) is 0 Å². The molecule has 21 heavy (non-hydrogen) atoms. The van der Waals surface area contributed by atoms with E-state index in [-0.39, 0.29) is 17.9 Å². The van der Waals surface area contributed by atoms with Crippen molar-refractivity contribution in [2.45, 2.75) is 20.5 Å². The maximum absolute atomic E-state index is 11.8. The molecule has 0 aliphatic heterocycles. The highest BCUT2D eigenvalue weighted by molar-refractivity contribution is 7.90. The van der Waals surface area contributed by atoms with Crippen LogP contribution in [0.1, 0.15) is 29.9 Å². The van der Waals surface area contributed by atoms with E-state index >= 15 is 0 Å². The van der Waals surface area contributed by atoms with E-state index in [0.717, 1.165) is 0 Å². The van der Waals surface area contributed by atoms with Gasteiger partial charge in [0.1, 0.15) is 0 Å². The van der Waals surface area contributed by atoms with E-state index in [2.05, 4.69) is 4.98 Å². The Morgan fingerprint density at radius 2 is 1.95 bits per heavy atom. The molecule has 0 saturated carbocycles. The second kappa shape index (κ2) is 8.71. The number of carbonyl (C=O) groups excluding carboxylic acids is 1. The first-order valence-electron chi connectivity index (χ1n) is 6.63. The first-order valence-corrected chi connectivity index (χ1v) is 8.29. The summed E-state index contributed by atoms with van der Waals surface area (Å²) in [6.07, 6.45) is 1.32. The third kappa shape index (κ3) is 6.65. The fourth-order valence-electron chi connectivity index (χ4n) is 1.41. The molecule has 0 aliphatic carbocycles. The third-order valence-electron chi connectivity index (χ3n) is 2.49. The van der Waals surface area contributed by atoms with E-state index in [1.165, 1.54) is 12.3 Å². The minimum atomic E-state index is -3.70. The highest BCUT2D eigenvalue weighted by Crippen LogP contribution is 2.03. The average Bonchev–Trinajstić information content (AvgIpc) is 2.45. The lowest BCUT2D eigenvalue weighted by Gasteiger charge is -2.07. The summed E-state index contributed by atoms with van der Waals surface area (Å²) in [6, 6.07) is 3.13. The Bertz CT molecular complexity index is 542. The molecule has 0 radical (unpaired) electrons. The summed E-state index contributed by atoms with van der Waals surface area (Å²) >= 11 is 0. The van der Waals surface area contributed by atoms with Crippen LogP contribution in [0.15, 0.2) is 18.3 Å². The number of aromatic nitrogens is 1. The summed E-state index contributed by atoms with van der Waals surface area (Å²) in [7, 11) is -3.70. The second-order valence-electron chi connectivity index (χ2n) is 4.12. The van der Waals surface area contributed by atoms with Crippen LogP contribution in [0.2, 0.25) is 0 Å². The van der Waals surface area contributed by atoms with Gasteiger partial charge < -0.3 is 9.47 Å². The number of carbonyl (C=O) groups is 1. The molecule has 0 aromatic carbocycles. The van der Waals surface area contributed by atoms with Crippen LogP contribution < -0.4 is 4.72 Å². The van der Waals surface area contributed by atoms with Crippen LogP contribution in [-0.4, -0.2) is 44.9 Å². The number of nitrogens with zero attached hydrogens (tertiary/aromatic N) is 1. The zero-order chi connectivity index (χ0) is 15.7. The zero-order valence-electron chi connectivity index (χ0n) is 12.2. The lowest BCUT2D eigenvalue weighted by atomic mass is 10.2. The van der Waals surface area contributed by atoms with E-state index in [4.69, 9.17) is 9.47 Å². The minimum absolute atomic E-state index is 0.0463. The highest BCUT2D eigenvalue weighted by atomic mass is 32.2. The second-order valence-corrected chi connectivity index (χ2v) is 5.96. The summed E-state index contributed by atoms with van der Waals surface area (Å²) in [6.45, 7) is 5.03. The molecule has 0 aliphatic rings. The maximum Gasteiger partial charge on any atom is 0.266 e. The Hall–Kier alpha value is -1.51. The van der Waals surface area contributed by atoms with Gasteiger partial charge in [-0.15, -0.1) is 0 Å². The normalized spacial score (nSPS) is 11.3. The average molecular weight is 316 g/mol. The van der Waals surface area contributed by atoms with Gasteiger partial charge in [0, 0.05) is 19.4 Å². The smallest absolute Gasteiger partial charge is 0.266 e. The Kier molecular flexibility index (Phi) is 7.27. The van der Waals surface area contributed by atoms with E-state index < -0.39 is 15.9 Å². The van der Waals surface area contributed by atoms with Crippen LogP contribution in [0, 0.1) is 0 Å². The maximum atomic E-state index is 11.8. The molecule has 1 amide bonds. The van der Waals surface area contributed by atoms with Gasteiger partial charge in [-0.3, -0.25) is 9.78 Å². The molecule has 0 spiro atoms. The van der Waals surface area contributed by atoms with Gasteiger partial charge >= 0.3 is 0 Å². The van der Waals surface area contributed by atoms with Crippen LogP contribution in [0.4, 0.5) is 0 Å². The lowest BCUT2D eigenvalue weighted by Crippen LogP contribution is -2.34. The Balaban J connectivity index is 2.58. The van der Waals surface area contributed by atoms with Crippen molar-refractivity contribution in [3.05, 3.63) is 29.6 Å². The SMILES string of the molecule is CCOCCS(=O)(=O)NC(=O)c1ccc(COCC)nc1. The van der Waals surface area contributed by atoms with Crippen LogP contribution >= 0.6 is 0 Å². The van der Waals surface area contributed by atoms with E-state index in [1.807, 2.05) is 11.6 Å². The molecular weight excluding hydrogens is 296 g/mol. The summed E-state index contributed by atoms with van der Waals surface area (Å²) in [5, 5.41) is 0. The Labute approximate surface area is 124 Å². The predicted octanol–water partition coefficient (Wildman–Crippen LogP) is 0.714. The van der Waals surface area contributed by atoms with Gasteiger partial charge in [-0.25, -0.2) is 13.1 Å². The summed E-state index contributed by atoms with van der Waals surface area (Å²) in [5.41, 5.74) is 0.850. The monoisotopic (exact) mass is 316 g/mol. The molecule has 0 atom stereocenters. The topological polar surface area (TPSA) is 94.6 Å². The number of hydrogen-bond acceptors (Lipinski definition) is 6. The summed E-state index contributed by atoms with van der Waals surface area (Å²) in [4.78, 5) is 15.9. The number of ether oxygens (including phenoxy) is 2. The van der Waals surface area contributed by atoms with Crippen LogP contribution in [0.25, 0.3) is 0 Å². The van der Waals surface area contributed by atoms with Crippen molar-refractivity contribution in [3.63, 3.8) is 0 Å². The Morgan fingerprint density at radius 3 is 2.52 bits per heavy atom. The van der Waals surface area contributed by atoms with Gasteiger partial charge in [0.05, 0.1) is 30.2 Å². The van der Waals surface area contributed by atoms with Crippen LogP contribution in [0.5, 0.6) is 0 Å². The van der Waals surface area contributed by atoms with E-state index in [1.54, 1.807) is 13.0 Å². The molecule has 0 fully saturated rings. The molecule has 118 valence electrons. The molecule has 8 heteroatoms. The van der Waals surface area contributed by atoms with Crippen molar-refractivity contribution in [1.29, 1.82) is 0 Å². The van der Waals surface area contributed by atoms with Crippen LogP contribution in [-0.2, 0) is 26.1 Å². The molecular formula is C13H20N2O5S. The number of sulfonamides is 1. The van der Waals surface area contributed by atoms with Crippen molar-refractivity contribution in [2.75, 3.05) is 25.6 Å². The van der Waals surface area contributed by atoms with Crippen LogP contribution in [0.3, 0.4) is 0 Å². The first-order chi connectivity index (χ1) is 9.98. The summed E-state index contributed by atoms with van der Waals surface area (Å²) < 4.78 is 35.4. The summed E-state index contributed by atoms with van der Waals surface area (Å²) in [5.74, 6) is -0.968. The van der Waals surface area contributed by atoms with Crippen molar-refractivity contribution in [1.82, 2.24) is 9.71 Å². The molecule has 0 bridgehead atoms. The molecule has 7 nitrogen and oxygen atoms in total. The Morgan fingerprint density at radius 1 is 1.24 bits per heavy atom. The molecule has 1 aromatic rings. The van der Waals surface area contributed by atoms with Crippen molar-refractivity contribution in [3.8, 4) is 0 Å². The molecule has 1 heterocycles. The van der Waals surface area contributed by atoms with E-state index in [9.17, 15) is 13.2 Å². The lowest BCUT2D eigenvalue weighted by molar-refractivity contribution is 0.0980. The highest BCUT2D eigenvalue weighted by Gasteiger charge is 2.16. The van der Waals surface area contributed by atoms with Crippen molar-refractivity contribution >= 4 is 15.9 Å². The van der Waals surface area contributed by atoms with E-state index in [0.29, 0.717) is 25.5 Å². The fraction of sp³-hybridized carbons (Fsp3) is 0.538. The van der Waals surface area contributed by atoms with Crippen molar-refractivity contribution < 1.29 is 22.7 Å². The molecule has 1 N–H and O–H groups in total. The molecule has 0 saturated heterocycles. The first kappa shape index (κ1) is 17.5. The zero-order valence-corrected chi connectivity index (χ0v) is 13.0. The molecule has 0 unspecified atom stereocenters. The molecule has 1 aromatic heterocycles. The number of hydrogen-bond donors (Lipinski definition) is 1. The van der Waals surface area contributed by atoms with Gasteiger partial charge in [0.2, 0.25) is 10.0 Å². The number of rotatable bonds is 9. The standard InChI is InChI=1S/C13H20N2O5S/c1-3-19-7-8-21(17,18)15-13(16)11-5-6-12(14-9-11)10-20-4-2/h5-6,9H,3-4,7-8,10H2,1-2H3,(H,15,16). The van der Waals surface area contributed by atoms with Gasteiger partial charge in [-0.1, -0.05) is 0 Å². The molecule has 1 rings (SSSR count). The fourth-order valence-corrected chi connectivity index (χ4v) is 2.25. The predicted molar refractivity (Wildman–Crippen MR) is 77.3 cm³/mol. The number of amides is 1. The van der Waals surface area contributed by atoms with Gasteiger partial charge in [-0.05, 0) is 26.0 Å². The minimum Gasteiger partial charge on any atom is -0.381 e. The van der Waals surface area contributed by atoms with Gasteiger partial charge in [-0.2, -0.15) is 0 Å². The quantitative estimate of drug-likeness (QED) is 0.674.